The minimum absolute atomic E-state index is 0.185. The van der Waals surface area contributed by atoms with E-state index in [1.54, 1.807) is 26.0 Å². The molecule has 1 N–H and O–H groups in total. The van der Waals surface area contributed by atoms with Crippen molar-refractivity contribution >= 4 is 23.2 Å². The average molecular weight is 522 g/mol. The molecule has 1 aromatic heterocycles. The summed E-state index contributed by atoms with van der Waals surface area (Å²) in [4.78, 5) is 20.9. The van der Waals surface area contributed by atoms with Crippen LogP contribution in [0.25, 0.3) is 16.9 Å². The Morgan fingerprint density at radius 3 is 2.05 bits per heavy atom. The van der Waals surface area contributed by atoms with Crippen molar-refractivity contribution in [2.75, 3.05) is 14.2 Å². The Bertz CT molecular complexity index is 1620. The number of rotatable bonds is 8. The molecule has 1 heterocycles. The van der Waals surface area contributed by atoms with E-state index in [0.29, 0.717) is 28.4 Å². The SMILES string of the molecule is COc1ccc(-c2[nH]n(-c3ccc(OC)cc3)c(=O)c2C(C)=Nc2ccccc2Sc2ccccc2)cc1. The van der Waals surface area contributed by atoms with Crippen molar-refractivity contribution in [3.8, 4) is 28.4 Å². The van der Waals surface area contributed by atoms with Crippen LogP contribution < -0.4 is 15.0 Å². The fraction of sp³-hybridized carbons (Fsp3) is 0.0968. The smallest absolute Gasteiger partial charge is 0.280 e. The first-order valence-corrected chi connectivity index (χ1v) is 12.9. The Morgan fingerprint density at radius 1 is 0.789 bits per heavy atom. The van der Waals surface area contributed by atoms with Crippen LogP contribution in [0.4, 0.5) is 5.69 Å². The highest BCUT2D eigenvalue weighted by molar-refractivity contribution is 7.99. The molecule has 5 rings (SSSR count). The molecule has 0 amide bonds. The zero-order chi connectivity index (χ0) is 26.5. The van der Waals surface area contributed by atoms with Crippen LogP contribution in [0.2, 0.25) is 0 Å². The Morgan fingerprint density at radius 2 is 1.39 bits per heavy atom. The summed E-state index contributed by atoms with van der Waals surface area (Å²) in [5.74, 6) is 1.46. The largest absolute Gasteiger partial charge is 0.497 e. The van der Waals surface area contributed by atoms with Crippen LogP contribution in [0.1, 0.15) is 12.5 Å². The van der Waals surface area contributed by atoms with Crippen LogP contribution >= 0.6 is 11.8 Å². The van der Waals surface area contributed by atoms with Crippen LogP contribution in [-0.4, -0.2) is 29.7 Å². The molecule has 0 saturated carbocycles. The lowest BCUT2D eigenvalue weighted by Gasteiger charge is -2.08. The van der Waals surface area contributed by atoms with Crippen LogP contribution in [0.3, 0.4) is 0 Å². The minimum atomic E-state index is -0.185. The van der Waals surface area contributed by atoms with E-state index in [-0.39, 0.29) is 5.56 Å². The van der Waals surface area contributed by atoms with Crippen LogP contribution in [-0.2, 0) is 0 Å². The number of para-hydroxylation sites is 1. The predicted molar refractivity (Wildman–Crippen MR) is 154 cm³/mol. The molecule has 0 unspecified atom stereocenters. The highest BCUT2D eigenvalue weighted by Gasteiger charge is 2.20. The summed E-state index contributed by atoms with van der Waals surface area (Å²) in [6, 6.07) is 33.1. The predicted octanol–water partition coefficient (Wildman–Crippen LogP) is 7.14. The summed E-state index contributed by atoms with van der Waals surface area (Å²) in [6.07, 6.45) is 0. The third-order valence-electron chi connectivity index (χ3n) is 6.09. The van der Waals surface area contributed by atoms with E-state index in [4.69, 9.17) is 14.5 Å². The Hall–Kier alpha value is -4.49. The summed E-state index contributed by atoms with van der Waals surface area (Å²) in [6.45, 7) is 1.87. The zero-order valence-electron chi connectivity index (χ0n) is 21.3. The third-order valence-corrected chi connectivity index (χ3v) is 7.16. The highest BCUT2D eigenvalue weighted by Crippen LogP contribution is 2.35. The lowest BCUT2D eigenvalue weighted by Crippen LogP contribution is -2.19. The van der Waals surface area contributed by atoms with Crippen molar-refractivity contribution in [2.45, 2.75) is 16.7 Å². The van der Waals surface area contributed by atoms with Gasteiger partial charge in [-0.05, 0) is 79.7 Å². The maximum absolute atomic E-state index is 13.8. The number of H-pyrrole nitrogens is 1. The average Bonchev–Trinajstić information content (AvgIpc) is 3.31. The molecule has 0 aliphatic heterocycles. The minimum Gasteiger partial charge on any atom is -0.497 e. The number of nitrogens with zero attached hydrogens (tertiary/aromatic N) is 2. The first-order chi connectivity index (χ1) is 18.6. The van der Waals surface area contributed by atoms with Gasteiger partial charge in [0.2, 0.25) is 0 Å². The fourth-order valence-electron chi connectivity index (χ4n) is 4.14. The topological polar surface area (TPSA) is 68.6 Å². The zero-order valence-corrected chi connectivity index (χ0v) is 22.2. The number of hydrogen-bond acceptors (Lipinski definition) is 5. The first-order valence-electron chi connectivity index (χ1n) is 12.1. The van der Waals surface area contributed by atoms with Gasteiger partial charge in [0.1, 0.15) is 11.5 Å². The van der Waals surface area contributed by atoms with Crippen molar-refractivity contribution in [3.05, 3.63) is 119 Å². The molecule has 0 aliphatic rings. The summed E-state index contributed by atoms with van der Waals surface area (Å²) < 4.78 is 12.2. The van der Waals surface area contributed by atoms with Gasteiger partial charge in [0.15, 0.2) is 0 Å². The molecule has 0 saturated heterocycles. The van der Waals surface area contributed by atoms with Crippen molar-refractivity contribution in [1.29, 1.82) is 0 Å². The number of hydrogen-bond donors (Lipinski definition) is 1. The summed E-state index contributed by atoms with van der Waals surface area (Å²) in [7, 11) is 3.24. The van der Waals surface area contributed by atoms with Crippen molar-refractivity contribution in [1.82, 2.24) is 9.78 Å². The number of aromatic nitrogens is 2. The molecule has 5 aromatic rings. The highest BCUT2D eigenvalue weighted by atomic mass is 32.2. The van der Waals surface area contributed by atoms with Crippen LogP contribution in [0.15, 0.2) is 123 Å². The summed E-state index contributed by atoms with van der Waals surface area (Å²) in [5.41, 5.74) is 3.97. The van der Waals surface area contributed by atoms with Gasteiger partial charge in [0.25, 0.3) is 5.56 Å². The van der Waals surface area contributed by atoms with E-state index in [0.717, 1.165) is 26.8 Å². The number of aliphatic imine (C=N–C) groups is 1. The van der Waals surface area contributed by atoms with Gasteiger partial charge in [-0.3, -0.25) is 14.9 Å². The van der Waals surface area contributed by atoms with Gasteiger partial charge < -0.3 is 9.47 Å². The number of nitrogens with one attached hydrogen (secondary N) is 1. The monoisotopic (exact) mass is 521 g/mol. The van der Waals surface area contributed by atoms with Gasteiger partial charge in [-0.25, -0.2) is 4.68 Å². The van der Waals surface area contributed by atoms with Gasteiger partial charge in [-0.15, -0.1) is 0 Å². The molecule has 7 heteroatoms. The molecule has 4 aromatic carbocycles. The molecular weight excluding hydrogens is 494 g/mol. The number of ether oxygens (including phenoxy) is 2. The molecular formula is C31H27N3O3S. The lowest BCUT2D eigenvalue weighted by atomic mass is 10.0. The molecule has 0 aliphatic carbocycles. The maximum Gasteiger partial charge on any atom is 0.280 e. The number of benzene rings is 4. The van der Waals surface area contributed by atoms with Gasteiger partial charge in [0.05, 0.1) is 42.6 Å². The maximum atomic E-state index is 13.8. The number of aromatic amines is 1. The summed E-state index contributed by atoms with van der Waals surface area (Å²) in [5, 5.41) is 3.32. The van der Waals surface area contributed by atoms with Gasteiger partial charge in [0, 0.05) is 15.4 Å². The van der Waals surface area contributed by atoms with Crippen molar-refractivity contribution in [2.24, 2.45) is 4.99 Å². The van der Waals surface area contributed by atoms with E-state index >= 15 is 0 Å². The second-order valence-corrected chi connectivity index (χ2v) is 9.62. The third kappa shape index (κ3) is 5.28. The van der Waals surface area contributed by atoms with Crippen LogP contribution in [0.5, 0.6) is 11.5 Å². The Labute approximate surface area is 225 Å². The van der Waals surface area contributed by atoms with E-state index in [2.05, 4.69) is 17.2 Å². The van der Waals surface area contributed by atoms with Crippen molar-refractivity contribution in [3.63, 3.8) is 0 Å². The van der Waals surface area contributed by atoms with E-state index < -0.39 is 0 Å². The van der Waals surface area contributed by atoms with Gasteiger partial charge in [-0.1, -0.05) is 42.1 Å². The summed E-state index contributed by atoms with van der Waals surface area (Å²) >= 11 is 1.64. The molecule has 0 spiro atoms. The molecule has 0 bridgehead atoms. The molecule has 6 nitrogen and oxygen atoms in total. The Kier molecular flexibility index (Phi) is 7.47. The van der Waals surface area contributed by atoms with E-state index in [9.17, 15) is 4.79 Å². The van der Waals surface area contributed by atoms with Crippen molar-refractivity contribution < 1.29 is 9.47 Å². The fourth-order valence-corrected chi connectivity index (χ4v) is 5.05. The quantitative estimate of drug-likeness (QED) is 0.220. The molecule has 38 heavy (non-hydrogen) atoms. The van der Waals surface area contributed by atoms with Crippen LogP contribution in [0, 0.1) is 0 Å². The Balaban J connectivity index is 1.62. The second kappa shape index (κ2) is 11.3. The van der Waals surface area contributed by atoms with Gasteiger partial charge >= 0.3 is 0 Å². The second-order valence-electron chi connectivity index (χ2n) is 8.51. The lowest BCUT2D eigenvalue weighted by molar-refractivity contribution is 0.414. The normalized spacial score (nSPS) is 11.4. The molecule has 0 radical (unpaired) electrons. The van der Waals surface area contributed by atoms with E-state index in [1.807, 2.05) is 97.9 Å². The first kappa shape index (κ1) is 25.2. The molecule has 0 fully saturated rings. The molecule has 0 atom stereocenters. The standard InChI is InChI=1S/C31H27N3O3S/c1-21(32-27-11-7-8-12-28(27)38-26-9-5-4-6-10-26)29-30(22-13-17-24(36-2)18-14-22)33-34(31(29)35)23-15-19-25(37-3)20-16-23/h4-20,33H,1-3H3. The molecule has 190 valence electrons. The number of methoxy groups -OCH3 is 2. The van der Waals surface area contributed by atoms with E-state index in [1.165, 1.54) is 4.68 Å². The van der Waals surface area contributed by atoms with Gasteiger partial charge in [-0.2, -0.15) is 0 Å².